The molecule has 0 saturated heterocycles. The topological polar surface area (TPSA) is 113 Å². The van der Waals surface area contributed by atoms with E-state index in [4.69, 9.17) is 0 Å². The van der Waals surface area contributed by atoms with Gasteiger partial charge >= 0.3 is 6.18 Å². The molecule has 2 heterocycles. The standard InChI is InChI=1S/C14H11F3N6O2S/c15-14(16,17)12-22-23-13(26-12)19-9(24)5-6-18-11(25)10-7-3-1-2-4-8(7)20-21-10/h1-4H,5-6H2,(H,18,25)(H,20,21)(H,19,23,24). The van der Waals surface area contributed by atoms with Crippen molar-refractivity contribution in [3.63, 3.8) is 0 Å². The van der Waals surface area contributed by atoms with Crippen LogP contribution in [0, 0.1) is 0 Å². The molecule has 0 unspecified atom stereocenters. The number of rotatable bonds is 5. The summed E-state index contributed by atoms with van der Waals surface area (Å²) in [6.07, 6.45) is -4.75. The number of carbonyl (C=O) groups excluding carboxylic acids is 2. The highest BCUT2D eigenvalue weighted by molar-refractivity contribution is 7.15. The maximum Gasteiger partial charge on any atom is 0.445 e. The van der Waals surface area contributed by atoms with Gasteiger partial charge in [-0.25, -0.2) is 0 Å². The molecule has 3 N–H and O–H groups in total. The van der Waals surface area contributed by atoms with Crippen molar-refractivity contribution < 1.29 is 22.8 Å². The van der Waals surface area contributed by atoms with E-state index in [9.17, 15) is 22.8 Å². The van der Waals surface area contributed by atoms with Crippen LogP contribution in [0.4, 0.5) is 18.3 Å². The number of nitrogens with one attached hydrogen (secondary N) is 3. The first-order valence-electron chi connectivity index (χ1n) is 7.26. The Morgan fingerprint density at radius 3 is 2.69 bits per heavy atom. The number of halogens is 3. The van der Waals surface area contributed by atoms with Crippen molar-refractivity contribution in [1.82, 2.24) is 25.7 Å². The molecule has 1 aromatic carbocycles. The molecule has 3 rings (SSSR count). The number of aromatic amines is 1. The van der Waals surface area contributed by atoms with E-state index in [1.54, 1.807) is 24.3 Å². The van der Waals surface area contributed by atoms with E-state index in [0.717, 1.165) is 0 Å². The molecular weight excluding hydrogens is 373 g/mol. The molecule has 2 aromatic heterocycles. The Morgan fingerprint density at radius 1 is 1.19 bits per heavy atom. The maximum atomic E-state index is 12.4. The monoisotopic (exact) mass is 384 g/mol. The van der Waals surface area contributed by atoms with Gasteiger partial charge in [0, 0.05) is 18.4 Å². The van der Waals surface area contributed by atoms with Crippen molar-refractivity contribution in [3.8, 4) is 0 Å². The van der Waals surface area contributed by atoms with Crippen molar-refractivity contribution in [2.24, 2.45) is 0 Å². The molecule has 26 heavy (non-hydrogen) atoms. The van der Waals surface area contributed by atoms with Gasteiger partial charge in [-0.3, -0.25) is 14.7 Å². The molecule has 0 bridgehead atoms. The van der Waals surface area contributed by atoms with E-state index in [0.29, 0.717) is 10.9 Å². The fourth-order valence-corrected chi connectivity index (χ4v) is 2.71. The first kappa shape index (κ1) is 17.8. The average Bonchev–Trinajstić information content (AvgIpc) is 3.21. The molecule has 0 spiro atoms. The Balaban J connectivity index is 1.50. The van der Waals surface area contributed by atoms with Gasteiger partial charge in [0.1, 0.15) is 0 Å². The van der Waals surface area contributed by atoms with Crippen molar-refractivity contribution in [1.29, 1.82) is 0 Å². The smallest absolute Gasteiger partial charge is 0.350 e. The number of H-pyrrole nitrogens is 1. The summed E-state index contributed by atoms with van der Waals surface area (Å²) in [4.78, 5) is 23.8. The van der Waals surface area contributed by atoms with Gasteiger partial charge in [-0.15, -0.1) is 10.2 Å². The molecular formula is C14H11F3N6O2S. The maximum absolute atomic E-state index is 12.4. The summed E-state index contributed by atoms with van der Waals surface area (Å²) < 4.78 is 37.2. The van der Waals surface area contributed by atoms with Crippen LogP contribution in [-0.2, 0) is 11.0 Å². The average molecular weight is 384 g/mol. The predicted molar refractivity (Wildman–Crippen MR) is 86.6 cm³/mol. The second kappa shape index (κ2) is 7.07. The highest BCUT2D eigenvalue weighted by Gasteiger charge is 2.35. The van der Waals surface area contributed by atoms with Crippen molar-refractivity contribution in [2.45, 2.75) is 12.6 Å². The largest absolute Gasteiger partial charge is 0.445 e. The van der Waals surface area contributed by atoms with Crippen LogP contribution >= 0.6 is 11.3 Å². The van der Waals surface area contributed by atoms with Crippen LogP contribution in [0.3, 0.4) is 0 Å². The van der Waals surface area contributed by atoms with Crippen LogP contribution in [-0.4, -0.2) is 38.8 Å². The molecule has 0 fully saturated rings. The normalized spacial score (nSPS) is 11.5. The zero-order chi connectivity index (χ0) is 18.7. The number of anilines is 1. The second-order valence-corrected chi connectivity index (χ2v) is 6.06. The second-order valence-electron chi connectivity index (χ2n) is 5.08. The number of hydrogen-bond acceptors (Lipinski definition) is 6. The van der Waals surface area contributed by atoms with E-state index >= 15 is 0 Å². The lowest BCUT2D eigenvalue weighted by atomic mass is 10.2. The molecule has 0 aliphatic heterocycles. The Kier molecular flexibility index (Phi) is 4.84. The number of nitrogens with zero attached hydrogens (tertiary/aromatic N) is 3. The summed E-state index contributed by atoms with van der Waals surface area (Å²) in [5.74, 6) is -1.06. The minimum atomic E-state index is -4.61. The van der Waals surface area contributed by atoms with Crippen LogP contribution in [0.5, 0.6) is 0 Å². The molecule has 2 amide bonds. The Labute approximate surface area is 147 Å². The lowest BCUT2D eigenvalue weighted by Gasteiger charge is -2.03. The quantitative estimate of drug-likeness (QED) is 0.624. The van der Waals surface area contributed by atoms with E-state index in [1.807, 2.05) is 0 Å². The summed E-state index contributed by atoms with van der Waals surface area (Å²) >= 11 is 0.227. The lowest BCUT2D eigenvalue weighted by molar-refractivity contribution is -0.138. The van der Waals surface area contributed by atoms with Gasteiger partial charge in [-0.1, -0.05) is 29.5 Å². The number of carbonyl (C=O) groups is 2. The number of hydrogen-bond donors (Lipinski definition) is 3. The zero-order valence-electron chi connectivity index (χ0n) is 12.9. The van der Waals surface area contributed by atoms with Gasteiger partial charge in [-0.05, 0) is 6.07 Å². The summed E-state index contributed by atoms with van der Waals surface area (Å²) in [5.41, 5.74) is 0.895. The van der Waals surface area contributed by atoms with E-state index in [1.165, 1.54) is 0 Å². The molecule has 0 radical (unpaired) electrons. The number of para-hydroxylation sites is 1. The third-order valence-electron chi connectivity index (χ3n) is 3.24. The number of amides is 2. The van der Waals surface area contributed by atoms with Crippen molar-refractivity contribution in [2.75, 3.05) is 11.9 Å². The van der Waals surface area contributed by atoms with Gasteiger partial charge in [0.2, 0.25) is 16.0 Å². The van der Waals surface area contributed by atoms with Gasteiger partial charge in [0.15, 0.2) is 5.69 Å². The third kappa shape index (κ3) is 3.96. The number of aromatic nitrogens is 4. The van der Waals surface area contributed by atoms with Crippen LogP contribution in [0.1, 0.15) is 21.9 Å². The van der Waals surface area contributed by atoms with Crippen molar-refractivity contribution >= 4 is 39.2 Å². The lowest BCUT2D eigenvalue weighted by Crippen LogP contribution is -2.28. The molecule has 8 nitrogen and oxygen atoms in total. The Morgan fingerprint density at radius 2 is 1.96 bits per heavy atom. The SMILES string of the molecule is O=C(CCNC(=O)c1n[nH]c2ccccc12)Nc1nnc(C(F)(F)F)s1. The fraction of sp³-hybridized carbons (Fsp3) is 0.214. The first-order valence-corrected chi connectivity index (χ1v) is 8.08. The molecule has 3 aromatic rings. The molecule has 0 aliphatic carbocycles. The summed E-state index contributed by atoms with van der Waals surface area (Å²) in [6, 6.07) is 7.06. The molecule has 12 heteroatoms. The van der Waals surface area contributed by atoms with E-state index < -0.39 is 23.0 Å². The Bertz CT molecular complexity index is 951. The zero-order valence-corrected chi connectivity index (χ0v) is 13.7. The number of benzene rings is 1. The van der Waals surface area contributed by atoms with Crippen LogP contribution in [0.25, 0.3) is 10.9 Å². The first-order chi connectivity index (χ1) is 12.3. The highest BCUT2D eigenvalue weighted by atomic mass is 32.1. The summed E-state index contributed by atoms with van der Waals surface area (Å²) in [7, 11) is 0. The third-order valence-corrected chi connectivity index (χ3v) is 4.12. The summed E-state index contributed by atoms with van der Waals surface area (Å²) in [6.45, 7) is -0.0171. The van der Waals surface area contributed by atoms with Crippen LogP contribution in [0.15, 0.2) is 24.3 Å². The molecule has 0 aliphatic rings. The fourth-order valence-electron chi connectivity index (χ4n) is 2.08. The summed E-state index contributed by atoms with van der Waals surface area (Å²) in [5, 5.41) is 16.8. The van der Waals surface area contributed by atoms with Crippen LogP contribution in [0.2, 0.25) is 0 Å². The number of fused-ring (bicyclic) bond motifs is 1. The minimum Gasteiger partial charge on any atom is -0.350 e. The van der Waals surface area contributed by atoms with E-state index in [-0.39, 0.29) is 35.1 Å². The predicted octanol–water partition coefficient (Wildman–Crippen LogP) is 2.19. The molecule has 0 saturated carbocycles. The Hall–Kier alpha value is -3.02. The van der Waals surface area contributed by atoms with Gasteiger partial charge in [-0.2, -0.15) is 18.3 Å². The highest BCUT2D eigenvalue weighted by Crippen LogP contribution is 2.32. The van der Waals surface area contributed by atoms with Gasteiger partial charge < -0.3 is 10.6 Å². The molecule has 0 atom stereocenters. The van der Waals surface area contributed by atoms with E-state index in [2.05, 4.69) is 31.0 Å². The van der Waals surface area contributed by atoms with Crippen LogP contribution < -0.4 is 10.6 Å². The minimum absolute atomic E-state index is 0.0171. The number of alkyl halides is 3. The molecule has 136 valence electrons. The van der Waals surface area contributed by atoms with Gasteiger partial charge in [0.05, 0.1) is 5.52 Å². The van der Waals surface area contributed by atoms with Crippen molar-refractivity contribution in [3.05, 3.63) is 35.0 Å². The van der Waals surface area contributed by atoms with Gasteiger partial charge in [0.25, 0.3) is 5.91 Å².